The maximum absolute atomic E-state index is 12.4. The molecule has 0 bridgehead atoms. The zero-order valence-electron chi connectivity index (χ0n) is 12.9. The Balaban J connectivity index is 1.45. The van der Waals surface area contributed by atoms with Gasteiger partial charge in [-0.3, -0.25) is 9.48 Å². The number of hydrogen-bond acceptors (Lipinski definition) is 4. The van der Waals surface area contributed by atoms with Gasteiger partial charge in [0.05, 0.1) is 12.1 Å². The number of amides is 1. The molecule has 120 valence electrons. The molecule has 0 spiro atoms. The molecule has 1 aromatic heterocycles. The maximum atomic E-state index is 12.4. The summed E-state index contributed by atoms with van der Waals surface area (Å²) < 4.78 is 7.50. The number of piperidine rings is 1. The van der Waals surface area contributed by atoms with Crippen LogP contribution >= 0.6 is 0 Å². The van der Waals surface area contributed by atoms with Crippen LogP contribution in [0.15, 0.2) is 36.5 Å². The van der Waals surface area contributed by atoms with Crippen molar-refractivity contribution in [3.8, 4) is 5.75 Å². The largest absolute Gasteiger partial charge is 0.491 e. The Bertz CT molecular complexity index is 706. The average Bonchev–Trinajstić information content (AvgIpc) is 3.24. The second kappa shape index (κ2) is 6.04. The Morgan fingerprint density at radius 2 is 2.26 bits per heavy atom. The summed E-state index contributed by atoms with van der Waals surface area (Å²) in [6.07, 6.45) is 4.13. The minimum absolute atomic E-state index is 0.111. The van der Waals surface area contributed by atoms with Crippen LogP contribution in [0.2, 0.25) is 0 Å². The highest BCUT2D eigenvalue weighted by Gasteiger charge is 2.26. The molecule has 6 heteroatoms. The van der Waals surface area contributed by atoms with Gasteiger partial charge in [-0.2, -0.15) is 5.10 Å². The Kier molecular flexibility index (Phi) is 3.75. The lowest BCUT2D eigenvalue weighted by Crippen LogP contribution is -2.32. The number of nitrogens with zero attached hydrogens (tertiary/aromatic N) is 2. The number of carbonyl (C=O) groups is 1. The van der Waals surface area contributed by atoms with Crippen LogP contribution in [0, 0.1) is 0 Å². The number of rotatable bonds is 3. The van der Waals surface area contributed by atoms with Gasteiger partial charge in [0, 0.05) is 18.3 Å². The van der Waals surface area contributed by atoms with Crippen LogP contribution in [0.1, 0.15) is 41.0 Å². The van der Waals surface area contributed by atoms with Gasteiger partial charge in [-0.1, -0.05) is 18.2 Å². The van der Waals surface area contributed by atoms with E-state index in [2.05, 4.69) is 15.7 Å². The van der Waals surface area contributed by atoms with Crippen molar-refractivity contribution in [3.05, 3.63) is 47.8 Å². The van der Waals surface area contributed by atoms with E-state index in [0.717, 1.165) is 37.2 Å². The molecule has 0 saturated carbocycles. The molecular formula is C17H20N4O2. The molecule has 2 aliphatic heterocycles. The number of carbonyl (C=O) groups excluding carboxylic acids is 1. The van der Waals surface area contributed by atoms with E-state index in [1.54, 1.807) is 6.07 Å². The van der Waals surface area contributed by atoms with Gasteiger partial charge in [0.1, 0.15) is 18.1 Å². The summed E-state index contributed by atoms with van der Waals surface area (Å²) in [6.45, 7) is 2.44. The number of benzene rings is 1. The van der Waals surface area contributed by atoms with Gasteiger partial charge in [0.2, 0.25) is 0 Å². The summed E-state index contributed by atoms with van der Waals surface area (Å²) >= 11 is 0. The lowest BCUT2D eigenvalue weighted by molar-refractivity contribution is 0.0924. The van der Waals surface area contributed by atoms with E-state index in [1.165, 1.54) is 0 Å². The van der Waals surface area contributed by atoms with Crippen LogP contribution < -0.4 is 15.4 Å². The predicted molar refractivity (Wildman–Crippen MR) is 85.5 cm³/mol. The van der Waals surface area contributed by atoms with E-state index >= 15 is 0 Å². The fourth-order valence-electron chi connectivity index (χ4n) is 3.24. The van der Waals surface area contributed by atoms with Gasteiger partial charge >= 0.3 is 0 Å². The number of para-hydroxylation sites is 1. The molecule has 4 rings (SSSR count). The quantitative estimate of drug-likeness (QED) is 0.905. The predicted octanol–water partition coefficient (Wildman–Crippen LogP) is 1.67. The summed E-state index contributed by atoms with van der Waals surface area (Å²) in [6, 6.07) is 9.80. The first kappa shape index (κ1) is 14.3. The molecule has 2 unspecified atom stereocenters. The van der Waals surface area contributed by atoms with Crippen molar-refractivity contribution >= 4 is 5.91 Å². The highest BCUT2D eigenvalue weighted by atomic mass is 16.5. The normalized spacial score (nSPS) is 23.1. The molecule has 1 aromatic carbocycles. The summed E-state index contributed by atoms with van der Waals surface area (Å²) in [5.74, 6) is 0.689. The summed E-state index contributed by atoms with van der Waals surface area (Å²) in [7, 11) is 0. The zero-order chi connectivity index (χ0) is 15.6. The molecule has 1 fully saturated rings. The highest BCUT2D eigenvalue weighted by molar-refractivity contribution is 5.92. The first-order valence-electron chi connectivity index (χ1n) is 8.10. The average molecular weight is 312 g/mol. The maximum Gasteiger partial charge on any atom is 0.272 e. The molecule has 2 N–H and O–H groups in total. The van der Waals surface area contributed by atoms with Gasteiger partial charge in [0.25, 0.3) is 5.91 Å². The zero-order valence-corrected chi connectivity index (χ0v) is 12.9. The number of fused-ring (bicyclic) bond motifs is 1. The molecular weight excluding hydrogens is 292 g/mol. The summed E-state index contributed by atoms with van der Waals surface area (Å²) in [5.41, 5.74) is 1.48. The van der Waals surface area contributed by atoms with Crippen molar-refractivity contribution in [2.24, 2.45) is 0 Å². The van der Waals surface area contributed by atoms with Crippen molar-refractivity contribution in [1.82, 2.24) is 20.4 Å². The van der Waals surface area contributed by atoms with E-state index in [4.69, 9.17) is 4.74 Å². The SMILES string of the molecule is O=C(NC1COc2ccccc21)c1ccn(C2CCCNC2)n1. The number of ether oxygens (including phenoxy) is 1. The third-order valence-corrected chi connectivity index (χ3v) is 4.49. The number of aromatic nitrogens is 2. The molecule has 6 nitrogen and oxygen atoms in total. The van der Waals surface area contributed by atoms with E-state index in [-0.39, 0.29) is 11.9 Å². The molecule has 0 aliphatic carbocycles. The first-order valence-corrected chi connectivity index (χ1v) is 8.10. The topological polar surface area (TPSA) is 68.2 Å². The van der Waals surface area contributed by atoms with Crippen LogP contribution in [0.3, 0.4) is 0 Å². The molecule has 23 heavy (non-hydrogen) atoms. The fourth-order valence-corrected chi connectivity index (χ4v) is 3.24. The van der Waals surface area contributed by atoms with Crippen molar-refractivity contribution in [1.29, 1.82) is 0 Å². The van der Waals surface area contributed by atoms with E-state index in [9.17, 15) is 4.79 Å². The number of hydrogen-bond donors (Lipinski definition) is 2. The van der Waals surface area contributed by atoms with Gasteiger partial charge in [-0.05, 0) is 31.5 Å². The minimum atomic E-state index is -0.155. The Labute approximate surface area is 134 Å². The van der Waals surface area contributed by atoms with E-state index in [0.29, 0.717) is 18.3 Å². The van der Waals surface area contributed by atoms with Crippen LogP contribution in [-0.4, -0.2) is 35.4 Å². The molecule has 2 aromatic rings. The third kappa shape index (κ3) is 2.82. The third-order valence-electron chi connectivity index (χ3n) is 4.49. The van der Waals surface area contributed by atoms with Crippen LogP contribution in [-0.2, 0) is 0 Å². The van der Waals surface area contributed by atoms with Gasteiger partial charge in [0.15, 0.2) is 0 Å². The van der Waals surface area contributed by atoms with Gasteiger partial charge in [-0.25, -0.2) is 0 Å². The molecule has 2 atom stereocenters. The Morgan fingerprint density at radius 3 is 3.13 bits per heavy atom. The number of nitrogens with one attached hydrogen (secondary N) is 2. The van der Waals surface area contributed by atoms with Crippen molar-refractivity contribution in [2.45, 2.75) is 24.9 Å². The fraction of sp³-hybridized carbons (Fsp3) is 0.412. The lowest BCUT2D eigenvalue weighted by Gasteiger charge is -2.22. The molecule has 3 heterocycles. The van der Waals surface area contributed by atoms with Crippen LogP contribution in [0.25, 0.3) is 0 Å². The van der Waals surface area contributed by atoms with E-state index < -0.39 is 0 Å². The Hall–Kier alpha value is -2.34. The molecule has 1 saturated heterocycles. The van der Waals surface area contributed by atoms with Crippen molar-refractivity contribution in [2.75, 3.05) is 19.7 Å². The van der Waals surface area contributed by atoms with Crippen molar-refractivity contribution in [3.63, 3.8) is 0 Å². The second-order valence-electron chi connectivity index (χ2n) is 6.06. The molecule has 2 aliphatic rings. The van der Waals surface area contributed by atoms with Crippen LogP contribution in [0.5, 0.6) is 5.75 Å². The highest BCUT2D eigenvalue weighted by Crippen LogP contribution is 2.31. The molecule has 1 amide bonds. The Morgan fingerprint density at radius 1 is 1.35 bits per heavy atom. The second-order valence-corrected chi connectivity index (χ2v) is 6.06. The summed E-state index contributed by atoms with van der Waals surface area (Å²) in [5, 5.41) is 10.8. The lowest BCUT2D eigenvalue weighted by atomic mass is 10.1. The minimum Gasteiger partial charge on any atom is -0.491 e. The molecule has 0 radical (unpaired) electrons. The smallest absolute Gasteiger partial charge is 0.272 e. The van der Waals surface area contributed by atoms with Crippen molar-refractivity contribution < 1.29 is 9.53 Å². The van der Waals surface area contributed by atoms with E-state index in [1.807, 2.05) is 35.1 Å². The monoisotopic (exact) mass is 312 g/mol. The van der Waals surface area contributed by atoms with Crippen LogP contribution in [0.4, 0.5) is 0 Å². The first-order chi connectivity index (χ1) is 11.3. The standard InChI is InChI=1S/C17H20N4O2/c22-17(19-15-11-23-16-6-2-1-5-13(15)16)14-7-9-21(20-14)12-4-3-8-18-10-12/h1-2,5-7,9,12,15,18H,3-4,8,10-11H2,(H,19,22). The van der Waals surface area contributed by atoms with Gasteiger partial charge < -0.3 is 15.4 Å². The summed E-state index contributed by atoms with van der Waals surface area (Å²) in [4.78, 5) is 12.4. The van der Waals surface area contributed by atoms with Gasteiger partial charge in [-0.15, -0.1) is 0 Å².